The highest BCUT2D eigenvalue weighted by atomic mass is 16.5. The van der Waals surface area contributed by atoms with Crippen LogP contribution in [0.25, 0.3) is 0 Å². The first-order chi connectivity index (χ1) is 7.72. The SMILES string of the molecule is C=CC(=O)OCCC(=O)Nc1ccccc1. The highest BCUT2D eigenvalue weighted by Crippen LogP contribution is 2.05. The Labute approximate surface area is 93.9 Å². The molecule has 1 aromatic carbocycles. The van der Waals surface area contributed by atoms with Crippen LogP contribution >= 0.6 is 0 Å². The molecule has 0 saturated carbocycles. The second-order valence-corrected chi connectivity index (χ2v) is 3.04. The van der Waals surface area contributed by atoms with E-state index in [1.807, 2.05) is 18.2 Å². The second-order valence-electron chi connectivity index (χ2n) is 3.04. The van der Waals surface area contributed by atoms with Gasteiger partial charge in [-0.15, -0.1) is 0 Å². The van der Waals surface area contributed by atoms with E-state index in [0.29, 0.717) is 0 Å². The number of hydrogen-bond acceptors (Lipinski definition) is 3. The van der Waals surface area contributed by atoms with Crippen molar-refractivity contribution in [2.24, 2.45) is 0 Å². The molecule has 84 valence electrons. The number of nitrogens with one attached hydrogen (secondary N) is 1. The summed E-state index contributed by atoms with van der Waals surface area (Å²) >= 11 is 0. The van der Waals surface area contributed by atoms with Crippen LogP contribution in [0.2, 0.25) is 0 Å². The van der Waals surface area contributed by atoms with E-state index in [2.05, 4.69) is 16.6 Å². The summed E-state index contributed by atoms with van der Waals surface area (Å²) in [5.74, 6) is -0.712. The van der Waals surface area contributed by atoms with Crippen LogP contribution in [-0.2, 0) is 14.3 Å². The molecule has 0 bridgehead atoms. The van der Waals surface area contributed by atoms with Crippen LogP contribution in [-0.4, -0.2) is 18.5 Å². The molecule has 1 amide bonds. The summed E-state index contributed by atoms with van der Waals surface area (Å²) in [6.45, 7) is 3.31. The predicted molar refractivity (Wildman–Crippen MR) is 60.8 cm³/mol. The van der Waals surface area contributed by atoms with Crippen LogP contribution in [0.3, 0.4) is 0 Å². The van der Waals surface area contributed by atoms with Crippen molar-refractivity contribution in [3.63, 3.8) is 0 Å². The second kappa shape index (κ2) is 6.40. The molecule has 0 aliphatic carbocycles. The Balaban J connectivity index is 2.26. The van der Waals surface area contributed by atoms with Crippen molar-refractivity contribution in [3.8, 4) is 0 Å². The van der Waals surface area contributed by atoms with Crippen LogP contribution in [0.15, 0.2) is 43.0 Å². The monoisotopic (exact) mass is 219 g/mol. The Hall–Kier alpha value is -2.10. The summed E-state index contributed by atoms with van der Waals surface area (Å²) in [6, 6.07) is 9.09. The average Bonchev–Trinajstić information content (AvgIpc) is 2.30. The zero-order valence-corrected chi connectivity index (χ0v) is 8.81. The van der Waals surface area contributed by atoms with Crippen molar-refractivity contribution in [1.82, 2.24) is 0 Å². The molecule has 16 heavy (non-hydrogen) atoms. The molecule has 4 nitrogen and oxygen atoms in total. The lowest BCUT2D eigenvalue weighted by atomic mass is 10.3. The maximum absolute atomic E-state index is 11.4. The summed E-state index contributed by atoms with van der Waals surface area (Å²) in [6.07, 6.45) is 1.20. The Bertz CT molecular complexity index is 373. The number of benzene rings is 1. The van der Waals surface area contributed by atoms with Crippen molar-refractivity contribution >= 4 is 17.6 Å². The number of carbonyl (C=O) groups excluding carboxylic acids is 2. The van der Waals surface area contributed by atoms with Crippen molar-refractivity contribution in [2.45, 2.75) is 6.42 Å². The molecule has 0 aliphatic rings. The highest BCUT2D eigenvalue weighted by Gasteiger charge is 2.03. The fourth-order valence-corrected chi connectivity index (χ4v) is 1.05. The van der Waals surface area contributed by atoms with Crippen molar-refractivity contribution in [1.29, 1.82) is 0 Å². The van der Waals surface area contributed by atoms with Crippen molar-refractivity contribution in [2.75, 3.05) is 11.9 Å². The zero-order chi connectivity index (χ0) is 11.8. The van der Waals surface area contributed by atoms with Gasteiger partial charge in [0.15, 0.2) is 0 Å². The molecule has 1 rings (SSSR count). The lowest BCUT2D eigenvalue weighted by Gasteiger charge is -2.04. The first kappa shape index (κ1) is 12.0. The van der Waals surface area contributed by atoms with Gasteiger partial charge in [-0.25, -0.2) is 4.79 Å². The highest BCUT2D eigenvalue weighted by molar-refractivity contribution is 5.91. The van der Waals surface area contributed by atoms with E-state index in [1.165, 1.54) is 0 Å². The van der Waals surface area contributed by atoms with Gasteiger partial charge in [-0.1, -0.05) is 24.8 Å². The van der Waals surface area contributed by atoms with Gasteiger partial charge in [0.2, 0.25) is 5.91 Å². The molecule has 0 spiro atoms. The standard InChI is InChI=1S/C12H13NO3/c1-2-12(15)16-9-8-11(14)13-10-6-4-3-5-7-10/h2-7H,1,8-9H2,(H,13,14). The van der Waals surface area contributed by atoms with Crippen LogP contribution in [0.4, 0.5) is 5.69 Å². The normalized spacial score (nSPS) is 9.25. The number of rotatable bonds is 5. The van der Waals surface area contributed by atoms with Gasteiger partial charge in [0, 0.05) is 11.8 Å². The molecular weight excluding hydrogens is 206 g/mol. The van der Waals surface area contributed by atoms with Gasteiger partial charge in [-0.3, -0.25) is 4.79 Å². The van der Waals surface area contributed by atoms with Gasteiger partial charge in [0.1, 0.15) is 6.61 Å². The van der Waals surface area contributed by atoms with Gasteiger partial charge in [-0.05, 0) is 12.1 Å². The van der Waals surface area contributed by atoms with E-state index in [1.54, 1.807) is 12.1 Å². The largest absolute Gasteiger partial charge is 0.462 e. The average molecular weight is 219 g/mol. The van der Waals surface area contributed by atoms with Crippen LogP contribution in [0.1, 0.15) is 6.42 Å². The van der Waals surface area contributed by atoms with Crippen molar-refractivity contribution in [3.05, 3.63) is 43.0 Å². The molecule has 0 heterocycles. The quantitative estimate of drug-likeness (QED) is 0.606. The first-order valence-corrected chi connectivity index (χ1v) is 4.86. The molecular formula is C12H13NO3. The molecule has 0 radical (unpaired) electrons. The molecule has 0 aromatic heterocycles. The van der Waals surface area contributed by atoms with Gasteiger partial charge < -0.3 is 10.1 Å². The number of ether oxygens (including phenoxy) is 1. The molecule has 0 saturated heterocycles. The van der Waals surface area contributed by atoms with E-state index in [9.17, 15) is 9.59 Å². The molecule has 1 aromatic rings. The fourth-order valence-electron chi connectivity index (χ4n) is 1.05. The summed E-state index contributed by atoms with van der Waals surface area (Å²) in [7, 11) is 0. The molecule has 0 fully saturated rings. The number of amides is 1. The van der Waals surface area contributed by atoms with Gasteiger partial charge in [0.25, 0.3) is 0 Å². The molecule has 0 unspecified atom stereocenters. The zero-order valence-electron chi connectivity index (χ0n) is 8.81. The van der Waals surface area contributed by atoms with E-state index < -0.39 is 5.97 Å². The molecule has 0 aliphatic heterocycles. The summed E-state index contributed by atoms with van der Waals surface area (Å²) in [4.78, 5) is 22.0. The number of anilines is 1. The first-order valence-electron chi connectivity index (χ1n) is 4.86. The molecule has 4 heteroatoms. The smallest absolute Gasteiger partial charge is 0.330 e. The van der Waals surface area contributed by atoms with Gasteiger partial charge in [0.05, 0.1) is 6.42 Å². The summed E-state index contributed by atoms with van der Waals surface area (Å²) in [5, 5.41) is 2.68. The third-order valence-electron chi connectivity index (χ3n) is 1.80. The third kappa shape index (κ3) is 4.41. The number of para-hydroxylation sites is 1. The number of carbonyl (C=O) groups is 2. The van der Waals surface area contributed by atoms with Gasteiger partial charge in [-0.2, -0.15) is 0 Å². The third-order valence-corrected chi connectivity index (χ3v) is 1.80. The Kier molecular flexibility index (Phi) is 4.79. The van der Waals surface area contributed by atoms with Gasteiger partial charge >= 0.3 is 5.97 Å². The topological polar surface area (TPSA) is 55.4 Å². The minimum atomic E-state index is -0.521. The summed E-state index contributed by atoms with van der Waals surface area (Å²) in [5.41, 5.74) is 0.725. The number of hydrogen-bond donors (Lipinski definition) is 1. The minimum absolute atomic E-state index is 0.0590. The Morgan fingerprint density at radius 2 is 2.00 bits per heavy atom. The van der Waals surface area contributed by atoms with Crippen molar-refractivity contribution < 1.29 is 14.3 Å². The fraction of sp³-hybridized carbons (Fsp3) is 0.167. The Morgan fingerprint density at radius 3 is 2.62 bits per heavy atom. The molecule has 0 atom stereocenters. The maximum Gasteiger partial charge on any atom is 0.330 e. The lowest BCUT2D eigenvalue weighted by Crippen LogP contribution is -2.15. The van der Waals surface area contributed by atoms with E-state index >= 15 is 0 Å². The Morgan fingerprint density at radius 1 is 1.31 bits per heavy atom. The summed E-state index contributed by atoms with van der Waals surface area (Å²) < 4.78 is 4.68. The van der Waals surface area contributed by atoms with E-state index in [0.717, 1.165) is 11.8 Å². The minimum Gasteiger partial charge on any atom is -0.462 e. The van der Waals surface area contributed by atoms with Crippen LogP contribution in [0, 0.1) is 0 Å². The lowest BCUT2D eigenvalue weighted by molar-refractivity contribution is -0.138. The van der Waals surface area contributed by atoms with E-state index in [4.69, 9.17) is 0 Å². The maximum atomic E-state index is 11.4. The number of esters is 1. The van der Waals surface area contributed by atoms with Crippen LogP contribution < -0.4 is 5.32 Å². The van der Waals surface area contributed by atoms with Crippen LogP contribution in [0.5, 0.6) is 0 Å². The predicted octanol–water partition coefficient (Wildman–Crippen LogP) is 1.74. The van der Waals surface area contributed by atoms with E-state index in [-0.39, 0.29) is 18.9 Å². The molecule has 1 N–H and O–H groups in total.